The van der Waals surface area contributed by atoms with Gasteiger partial charge in [0.15, 0.2) is 11.0 Å². The zero-order valence-corrected chi connectivity index (χ0v) is 14.3. The Morgan fingerprint density at radius 3 is 2.88 bits per heavy atom. The van der Waals surface area contributed by atoms with Gasteiger partial charge < -0.3 is 5.11 Å². The first-order valence-corrected chi connectivity index (χ1v) is 8.53. The summed E-state index contributed by atoms with van der Waals surface area (Å²) in [5, 5.41) is 22.6. The average molecular weight is 364 g/mol. The highest BCUT2D eigenvalue weighted by molar-refractivity contribution is 7.99. The summed E-state index contributed by atoms with van der Waals surface area (Å²) in [5.74, 6) is -0.432. The first-order valence-electron chi connectivity index (χ1n) is 7.17. The number of rotatable bonds is 6. The molecule has 0 atom stereocenters. The Morgan fingerprint density at radius 2 is 2.21 bits per heavy atom. The van der Waals surface area contributed by atoms with E-state index in [9.17, 15) is 4.79 Å². The number of hydrogen-bond donors (Lipinski definition) is 1. The van der Waals surface area contributed by atoms with Gasteiger partial charge in [-0.15, -0.1) is 10.2 Å². The van der Waals surface area contributed by atoms with Crippen molar-refractivity contribution in [2.24, 2.45) is 0 Å². The standard InChI is InChI=1S/C15H14ClN5O2S/c1-2-20-8-10(7-17-20)14-18-19-15(24-9-13(22)23)21(14)12-5-3-4-11(16)6-12/h3-8H,2,9H2,1H3,(H,22,23). The molecule has 7 nitrogen and oxygen atoms in total. The minimum absolute atomic E-state index is 0.104. The lowest BCUT2D eigenvalue weighted by Crippen LogP contribution is -2.03. The number of nitrogens with zero attached hydrogens (tertiary/aromatic N) is 5. The van der Waals surface area contributed by atoms with E-state index in [0.29, 0.717) is 16.0 Å². The number of benzene rings is 1. The van der Waals surface area contributed by atoms with Gasteiger partial charge in [-0.25, -0.2) is 0 Å². The third-order valence-electron chi connectivity index (χ3n) is 3.24. The van der Waals surface area contributed by atoms with Crippen LogP contribution in [0.15, 0.2) is 41.8 Å². The molecule has 9 heteroatoms. The van der Waals surface area contributed by atoms with Crippen molar-refractivity contribution in [2.75, 3.05) is 5.75 Å². The number of carboxylic acid groups (broad SMARTS) is 1. The number of hydrogen-bond acceptors (Lipinski definition) is 5. The molecule has 124 valence electrons. The van der Waals surface area contributed by atoms with Crippen LogP contribution in [0.1, 0.15) is 6.92 Å². The summed E-state index contributed by atoms with van der Waals surface area (Å²) in [7, 11) is 0. The Labute approximate surface area is 147 Å². The maximum absolute atomic E-state index is 10.9. The molecule has 0 aliphatic rings. The van der Waals surface area contributed by atoms with Crippen LogP contribution in [0.3, 0.4) is 0 Å². The van der Waals surface area contributed by atoms with Crippen molar-refractivity contribution in [1.29, 1.82) is 0 Å². The topological polar surface area (TPSA) is 85.8 Å². The molecule has 2 aromatic heterocycles. The summed E-state index contributed by atoms with van der Waals surface area (Å²) in [6, 6.07) is 7.24. The lowest BCUT2D eigenvalue weighted by Gasteiger charge is -2.09. The van der Waals surface area contributed by atoms with Gasteiger partial charge in [0.05, 0.1) is 23.2 Å². The second-order valence-electron chi connectivity index (χ2n) is 4.89. The number of halogens is 1. The second kappa shape index (κ2) is 7.06. The quantitative estimate of drug-likeness (QED) is 0.677. The maximum Gasteiger partial charge on any atom is 0.313 e. The van der Waals surface area contributed by atoms with Crippen LogP contribution in [0, 0.1) is 0 Å². The third-order valence-corrected chi connectivity index (χ3v) is 4.39. The van der Waals surface area contributed by atoms with Crippen LogP contribution in [0.25, 0.3) is 17.1 Å². The zero-order chi connectivity index (χ0) is 17.1. The van der Waals surface area contributed by atoms with Crippen molar-refractivity contribution >= 4 is 29.3 Å². The van der Waals surface area contributed by atoms with E-state index in [1.165, 1.54) is 0 Å². The highest BCUT2D eigenvalue weighted by Crippen LogP contribution is 2.28. The molecule has 0 amide bonds. The molecule has 0 radical (unpaired) electrons. The summed E-state index contributed by atoms with van der Waals surface area (Å²) in [5.41, 5.74) is 1.56. The summed E-state index contributed by atoms with van der Waals surface area (Å²) in [6.45, 7) is 2.73. The summed E-state index contributed by atoms with van der Waals surface area (Å²) in [6.07, 6.45) is 3.58. The lowest BCUT2D eigenvalue weighted by atomic mass is 10.3. The summed E-state index contributed by atoms with van der Waals surface area (Å²) < 4.78 is 3.58. The van der Waals surface area contributed by atoms with Crippen molar-refractivity contribution in [3.05, 3.63) is 41.7 Å². The molecule has 0 unspecified atom stereocenters. The van der Waals surface area contributed by atoms with Gasteiger partial charge in [0.25, 0.3) is 0 Å². The van der Waals surface area contributed by atoms with E-state index in [1.807, 2.05) is 25.3 Å². The minimum atomic E-state index is -0.916. The minimum Gasteiger partial charge on any atom is -0.481 e. The molecule has 2 heterocycles. The van der Waals surface area contributed by atoms with Gasteiger partial charge in [0.2, 0.25) is 0 Å². The van der Waals surface area contributed by atoms with E-state index >= 15 is 0 Å². The van der Waals surface area contributed by atoms with Crippen LogP contribution in [0.4, 0.5) is 0 Å². The number of aryl methyl sites for hydroxylation is 1. The Morgan fingerprint density at radius 1 is 1.38 bits per heavy atom. The van der Waals surface area contributed by atoms with Gasteiger partial charge in [-0.05, 0) is 25.1 Å². The number of aliphatic carboxylic acids is 1. The normalized spacial score (nSPS) is 10.9. The molecule has 0 spiro atoms. The predicted octanol–water partition coefficient (Wildman–Crippen LogP) is 2.98. The first kappa shape index (κ1) is 16.5. The Hall–Kier alpha value is -2.32. The summed E-state index contributed by atoms with van der Waals surface area (Å²) in [4.78, 5) is 10.9. The molecule has 1 N–H and O–H groups in total. The van der Waals surface area contributed by atoms with E-state index in [0.717, 1.165) is 29.6 Å². The van der Waals surface area contributed by atoms with Crippen LogP contribution in [-0.2, 0) is 11.3 Å². The van der Waals surface area contributed by atoms with Crippen LogP contribution in [0.2, 0.25) is 5.02 Å². The maximum atomic E-state index is 10.9. The van der Waals surface area contributed by atoms with Crippen molar-refractivity contribution in [3.8, 4) is 17.1 Å². The van der Waals surface area contributed by atoms with Crippen LogP contribution in [-0.4, -0.2) is 41.4 Å². The zero-order valence-electron chi connectivity index (χ0n) is 12.8. The average Bonchev–Trinajstić information content (AvgIpc) is 3.19. The predicted molar refractivity (Wildman–Crippen MR) is 91.6 cm³/mol. The van der Waals surface area contributed by atoms with Crippen LogP contribution >= 0.6 is 23.4 Å². The number of aromatic nitrogens is 5. The monoisotopic (exact) mass is 363 g/mol. The van der Waals surface area contributed by atoms with Crippen molar-refractivity contribution < 1.29 is 9.90 Å². The molecule has 0 fully saturated rings. The van der Waals surface area contributed by atoms with E-state index in [1.54, 1.807) is 27.6 Å². The third kappa shape index (κ3) is 3.44. The number of carbonyl (C=O) groups is 1. The number of carboxylic acids is 1. The van der Waals surface area contributed by atoms with Gasteiger partial charge >= 0.3 is 5.97 Å². The molecule has 24 heavy (non-hydrogen) atoms. The van der Waals surface area contributed by atoms with Gasteiger partial charge in [0, 0.05) is 17.8 Å². The second-order valence-corrected chi connectivity index (χ2v) is 6.27. The Kier molecular flexibility index (Phi) is 4.86. The smallest absolute Gasteiger partial charge is 0.313 e. The molecule has 1 aromatic carbocycles. The van der Waals surface area contributed by atoms with E-state index in [-0.39, 0.29) is 5.75 Å². The first-order chi connectivity index (χ1) is 11.6. The SMILES string of the molecule is CCn1cc(-c2nnc(SCC(=O)O)n2-c2cccc(Cl)c2)cn1. The molecule has 0 aliphatic carbocycles. The van der Waals surface area contributed by atoms with Gasteiger partial charge in [-0.1, -0.05) is 29.4 Å². The van der Waals surface area contributed by atoms with Gasteiger partial charge in [-0.2, -0.15) is 5.10 Å². The summed E-state index contributed by atoms with van der Waals surface area (Å²) >= 11 is 7.20. The molecule has 0 aliphatic heterocycles. The molecular formula is C15H14ClN5O2S. The molecular weight excluding hydrogens is 350 g/mol. The fraction of sp³-hybridized carbons (Fsp3) is 0.200. The molecule has 0 bridgehead atoms. The van der Waals surface area contributed by atoms with E-state index in [4.69, 9.17) is 16.7 Å². The Balaban J connectivity index is 2.10. The highest BCUT2D eigenvalue weighted by atomic mass is 35.5. The molecule has 3 aromatic rings. The molecule has 3 rings (SSSR count). The van der Waals surface area contributed by atoms with Crippen molar-refractivity contribution in [3.63, 3.8) is 0 Å². The van der Waals surface area contributed by atoms with Crippen LogP contribution in [0.5, 0.6) is 0 Å². The lowest BCUT2D eigenvalue weighted by molar-refractivity contribution is -0.133. The van der Waals surface area contributed by atoms with Crippen LogP contribution < -0.4 is 0 Å². The van der Waals surface area contributed by atoms with Gasteiger partial charge in [-0.3, -0.25) is 14.0 Å². The highest BCUT2D eigenvalue weighted by Gasteiger charge is 2.18. The van der Waals surface area contributed by atoms with Gasteiger partial charge in [0.1, 0.15) is 0 Å². The van der Waals surface area contributed by atoms with E-state index in [2.05, 4.69) is 15.3 Å². The fourth-order valence-electron chi connectivity index (χ4n) is 2.18. The van der Waals surface area contributed by atoms with Crippen molar-refractivity contribution in [1.82, 2.24) is 24.5 Å². The Bertz CT molecular complexity index is 876. The number of thioether (sulfide) groups is 1. The molecule has 0 saturated carbocycles. The van der Waals surface area contributed by atoms with E-state index < -0.39 is 5.97 Å². The van der Waals surface area contributed by atoms with Crippen molar-refractivity contribution in [2.45, 2.75) is 18.6 Å². The largest absolute Gasteiger partial charge is 0.481 e. The fourth-order valence-corrected chi connectivity index (χ4v) is 3.03. The molecule has 0 saturated heterocycles.